The average molecular weight is 625 g/mol. The maximum absolute atomic E-state index is 11.9. The van der Waals surface area contributed by atoms with E-state index < -0.39 is 90.9 Å². The molecule has 4 unspecified atom stereocenters. The van der Waals surface area contributed by atoms with Crippen LogP contribution in [0.15, 0.2) is 0 Å². The summed E-state index contributed by atoms with van der Waals surface area (Å²) in [5.74, 6) is -6.10. The minimum atomic E-state index is -2.31. The van der Waals surface area contributed by atoms with Gasteiger partial charge in [0.15, 0.2) is 11.6 Å². The van der Waals surface area contributed by atoms with Gasteiger partial charge >= 0.3 is 0 Å². The normalized spacial score (nSPS) is 38.7. The van der Waals surface area contributed by atoms with E-state index in [1.54, 1.807) is 0 Å². The van der Waals surface area contributed by atoms with Crippen molar-refractivity contribution in [1.29, 1.82) is 0 Å². The molecule has 0 aliphatic carbocycles. The Bertz CT molecular complexity index is 797. The Hall–Kier alpha value is -0.480. The predicted octanol–water partition coefficient (Wildman–Crippen LogP) is 0.291. The molecule has 2 heterocycles. The van der Waals surface area contributed by atoms with Gasteiger partial charge in [-0.05, 0) is 31.1 Å². The first kappa shape index (κ1) is 38.7. The molecule has 0 aromatic heterocycles. The van der Waals surface area contributed by atoms with E-state index in [0.29, 0.717) is 32.1 Å². The fourth-order valence-corrected chi connectivity index (χ4v) is 7.01. The highest BCUT2D eigenvalue weighted by Crippen LogP contribution is 2.49. The lowest BCUT2D eigenvalue weighted by atomic mass is 9.65. The molecule has 2 fully saturated rings. The Balaban J connectivity index is 2.40. The number of aliphatic hydroxyl groups is 10. The SMILES string of the molecule is CCCCCCCC(C(C)(C)CCC(CCCCC)C1(O)O[C@H](CO)[C@@H](O)[C@H](O)[C@H]1O)C1(O)O[C@H](CO)[C@@H](O)[C@H](O)[C@H]1O. The average Bonchev–Trinajstić information content (AvgIpc) is 2.98. The summed E-state index contributed by atoms with van der Waals surface area (Å²) >= 11 is 0. The van der Waals surface area contributed by atoms with E-state index in [0.717, 1.165) is 38.5 Å². The molecule has 2 aliphatic rings. The van der Waals surface area contributed by atoms with Crippen LogP contribution in [0.3, 0.4) is 0 Å². The van der Waals surface area contributed by atoms with Gasteiger partial charge in [-0.15, -0.1) is 0 Å². The molecule has 12 atom stereocenters. The minimum absolute atomic E-state index is 0.234. The van der Waals surface area contributed by atoms with Crippen molar-refractivity contribution >= 4 is 0 Å². The van der Waals surface area contributed by atoms with E-state index in [-0.39, 0.29) is 6.42 Å². The molecule has 10 N–H and O–H groups in total. The van der Waals surface area contributed by atoms with Crippen molar-refractivity contribution in [2.24, 2.45) is 17.3 Å². The van der Waals surface area contributed by atoms with Gasteiger partial charge in [-0.2, -0.15) is 0 Å². The molecule has 0 radical (unpaired) electrons. The van der Waals surface area contributed by atoms with E-state index in [1.165, 1.54) is 0 Å². The van der Waals surface area contributed by atoms with E-state index >= 15 is 0 Å². The maximum atomic E-state index is 11.9. The summed E-state index contributed by atoms with van der Waals surface area (Å²) in [6, 6.07) is 0. The zero-order valence-electron chi connectivity index (χ0n) is 26.5. The molecule has 0 amide bonds. The van der Waals surface area contributed by atoms with Crippen LogP contribution in [0.1, 0.15) is 105 Å². The molecule has 0 aromatic rings. The quantitative estimate of drug-likeness (QED) is 0.0930. The molecule has 0 spiro atoms. The van der Waals surface area contributed by atoms with Crippen LogP contribution in [0.4, 0.5) is 0 Å². The predicted molar refractivity (Wildman–Crippen MR) is 157 cm³/mol. The fraction of sp³-hybridized carbons (Fsp3) is 1.00. The molecular formula is C31H60O12. The van der Waals surface area contributed by atoms with Gasteiger partial charge in [-0.3, -0.25) is 0 Å². The van der Waals surface area contributed by atoms with Gasteiger partial charge in [-0.25, -0.2) is 0 Å². The molecule has 2 saturated heterocycles. The van der Waals surface area contributed by atoms with E-state index in [4.69, 9.17) is 9.47 Å². The lowest BCUT2D eigenvalue weighted by Crippen LogP contribution is -2.69. The van der Waals surface area contributed by atoms with Crippen LogP contribution in [0, 0.1) is 17.3 Å². The second-order valence-electron chi connectivity index (χ2n) is 13.5. The van der Waals surface area contributed by atoms with Crippen molar-refractivity contribution in [2.75, 3.05) is 13.2 Å². The molecule has 0 aromatic carbocycles. The van der Waals surface area contributed by atoms with Gasteiger partial charge in [0.05, 0.1) is 13.2 Å². The maximum Gasteiger partial charge on any atom is 0.198 e. The van der Waals surface area contributed by atoms with Crippen LogP contribution in [0.5, 0.6) is 0 Å². The molecule has 2 rings (SSSR count). The van der Waals surface area contributed by atoms with Crippen molar-refractivity contribution in [2.45, 2.75) is 165 Å². The zero-order chi connectivity index (χ0) is 32.6. The minimum Gasteiger partial charge on any atom is -0.394 e. The second-order valence-corrected chi connectivity index (χ2v) is 13.5. The van der Waals surface area contributed by atoms with E-state index in [1.807, 2.05) is 20.8 Å². The standard InChI is InChI=1S/C31H60O12/c1-5-7-9-10-12-14-22(31(41)28(39)26(37)24(35)21(18-33)43-31)29(3,4)16-15-19(13-11-8-6-2)30(40)27(38)25(36)23(34)20(17-32)42-30/h19-28,32-41H,5-18H2,1-4H3/t19?,20-,21-,22?,23-,24-,25+,26+,27-,28-,30?,31?/m1/s1. The summed E-state index contributed by atoms with van der Waals surface area (Å²) in [6.45, 7) is 6.49. The molecule has 43 heavy (non-hydrogen) atoms. The van der Waals surface area contributed by atoms with Crippen molar-refractivity contribution in [3.05, 3.63) is 0 Å². The zero-order valence-corrected chi connectivity index (χ0v) is 26.5. The summed E-state index contributed by atoms with van der Waals surface area (Å²) in [7, 11) is 0. The third kappa shape index (κ3) is 8.87. The van der Waals surface area contributed by atoms with Crippen LogP contribution in [0.2, 0.25) is 0 Å². The largest absolute Gasteiger partial charge is 0.394 e. The van der Waals surface area contributed by atoms with Gasteiger partial charge in [0, 0.05) is 11.8 Å². The number of hydrogen-bond acceptors (Lipinski definition) is 12. The Morgan fingerprint density at radius 1 is 0.605 bits per heavy atom. The lowest BCUT2D eigenvalue weighted by molar-refractivity contribution is -0.380. The first-order valence-corrected chi connectivity index (χ1v) is 16.3. The highest BCUT2D eigenvalue weighted by Gasteiger charge is 2.60. The highest BCUT2D eigenvalue weighted by atomic mass is 16.7. The number of rotatable bonds is 18. The van der Waals surface area contributed by atoms with Gasteiger partial charge in [-0.1, -0.05) is 79.1 Å². The van der Waals surface area contributed by atoms with Crippen LogP contribution in [-0.4, -0.2) is 125 Å². The number of unbranched alkanes of at least 4 members (excludes halogenated alkanes) is 6. The Labute approximate surface area is 256 Å². The smallest absolute Gasteiger partial charge is 0.198 e. The number of hydrogen-bond donors (Lipinski definition) is 10. The summed E-state index contributed by atoms with van der Waals surface area (Å²) < 4.78 is 11.5. The molecule has 256 valence electrons. The highest BCUT2D eigenvalue weighted by molar-refractivity contribution is 5.04. The lowest BCUT2D eigenvalue weighted by Gasteiger charge is -2.53. The van der Waals surface area contributed by atoms with Crippen molar-refractivity contribution in [3.8, 4) is 0 Å². The van der Waals surface area contributed by atoms with Crippen molar-refractivity contribution in [3.63, 3.8) is 0 Å². The second kappa shape index (κ2) is 16.9. The summed E-state index contributed by atoms with van der Waals surface area (Å²) in [4.78, 5) is 0. The molecule has 12 heteroatoms. The summed E-state index contributed by atoms with van der Waals surface area (Å²) in [5.41, 5.74) is -0.823. The monoisotopic (exact) mass is 624 g/mol. The van der Waals surface area contributed by atoms with Crippen molar-refractivity contribution in [1.82, 2.24) is 0 Å². The van der Waals surface area contributed by atoms with Crippen LogP contribution in [0.25, 0.3) is 0 Å². The van der Waals surface area contributed by atoms with Crippen LogP contribution < -0.4 is 0 Å². The van der Waals surface area contributed by atoms with Gasteiger partial charge in [0.25, 0.3) is 0 Å². The van der Waals surface area contributed by atoms with E-state index in [2.05, 4.69) is 6.92 Å². The van der Waals surface area contributed by atoms with Gasteiger partial charge in [0.1, 0.15) is 48.8 Å². The summed E-state index contributed by atoms with van der Waals surface area (Å²) in [6.07, 6.45) is -4.66. The van der Waals surface area contributed by atoms with Crippen LogP contribution >= 0.6 is 0 Å². The van der Waals surface area contributed by atoms with E-state index in [9.17, 15) is 51.1 Å². The number of aliphatic hydroxyl groups excluding tert-OH is 8. The molecule has 12 nitrogen and oxygen atoms in total. The molecule has 0 bridgehead atoms. The number of ether oxygens (including phenoxy) is 2. The van der Waals surface area contributed by atoms with Crippen molar-refractivity contribution < 1.29 is 60.5 Å². The Morgan fingerprint density at radius 3 is 1.56 bits per heavy atom. The Kier molecular flexibility index (Phi) is 15.2. The topological polar surface area (TPSA) is 221 Å². The Morgan fingerprint density at radius 2 is 1.05 bits per heavy atom. The first-order chi connectivity index (χ1) is 20.2. The molecular weight excluding hydrogens is 564 g/mol. The molecule has 2 aliphatic heterocycles. The van der Waals surface area contributed by atoms with Crippen LogP contribution in [-0.2, 0) is 9.47 Å². The fourth-order valence-electron chi connectivity index (χ4n) is 7.01. The van der Waals surface area contributed by atoms with Gasteiger partial charge < -0.3 is 60.5 Å². The third-order valence-corrected chi connectivity index (χ3v) is 9.91. The summed E-state index contributed by atoms with van der Waals surface area (Å²) in [5, 5.41) is 107. The third-order valence-electron chi connectivity index (χ3n) is 9.91. The molecule has 0 saturated carbocycles. The van der Waals surface area contributed by atoms with Gasteiger partial charge in [0.2, 0.25) is 0 Å². The first-order valence-electron chi connectivity index (χ1n) is 16.3.